The molecule has 0 N–H and O–H groups in total. The molecule has 0 aliphatic carbocycles. The van der Waals surface area contributed by atoms with Crippen LogP contribution in [0.15, 0.2) is 34.1 Å². The van der Waals surface area contributed by atoms with Gasteiger partial charge in [-0.15, -0.1) is 11.3 Å². The lowest BCUT2D eigenvalue weighted by Gasteiger charge is -2.11. The molecule has 22 heavy (non-hydrogen) atoms. The summed E-state index contributed by atoms with van der Waals surface area (Å²) in [7, 11) is 1.60. The van der Waals surface area contributed by atoms with Crippen molar-refractivity contribution in [1.82, 2.24) is 4.98 Å². The third-order valence-electron chi connectivity index (χ3n) is 3.33. The number of hydrogen-bond acceptors (Lipinski definition) is 5. The van der Waals surface area contributed by atoms with Crippen LogP contribution in [0.5, 0.6) is 0 Å². The Labute approximate surface area is 144 Å². The molecule has 1 aromatic heterocycles. The molecular weight excluding hydrogens is 412 g/mol. The van der Waals surface area contributed by atoms with E-state index in [1.807, 2.05) is 29.6 Å². The minimum Gasteiger partial charge on any atom is -0.287 e. The van der Waals surface area contributed by atoms with Crippen LogP contribution in [0.3, 0.4) is 0 Å². The van der Waals surface area contributed by atoms with Crippen LogP contribution in [0.4, 0.5) is 5.13 Å². The molecule has 1 saturated heterocycles. The molecule has 5 nitrogen and oxygen atoms in total. The van der Waals surface area contributed by atoms with Gasteiger partial charge in [0, 0.05) is 39.1 Å². The van der Waals surface area contributed by atoms with Crippen molar-refractivity contribution in [2.24, 2.45) is 0 Å². The van der Waals surface area contributed by atoms with E-state index in [0.717, 1.165) is 15.7 Å². The van der Waals surface area contributed by atoms with E-state index < -0.39 is 14.3 Å². The highest BCUT2D eigenvalue weighted by molar-refractivity contribution is 9.10. The number of hydrogen-bond donors (Lipinski definition) is 0. The molecule has 1 aromatic carbocycles. The largest absolute Gasteiger partial charge is 0.287 e. The van der Waals surface area contributed by atoms with Crippen LogP contribution < -0.4 is 4.90 Å². The fraction of sp³-hybridized carbons (Fsp3) is 0.231. The minimum atomic E-state index is -3.75. The predicted octanol–water partition coefficient (Wildman–Crippen LogP) is 3.25. The molecule has 0 radical (unpaired) electrons. The van der Waals surface area contributed by atoms with Gasteiger partial charge in [0.1, 0.15) is 5.25 Å². The van der Waals surface area contributed by atoms with Crippen LogP contribution in [0.25, 0.3) is 11.3 Å². The van der Waals surface area contributed by atoms with Crippen LogP contribution in [0.2, 0.25) is 0 Å². The number of benzene rings is 1. The smallest absolute Gasteiger partial charge is 0.237 e. The highest BCUT2D eigenvalue weighted by atomic mass is 79.9. The van der Waals surface area contributed by atoms with Gasteiger partial charge in [0.25, 0.3) is 0 Å². The Balaban J connectivity index is 1.87. The summed E-state index contributed by atoms with van der Waals surface area (Å²) in [5, 5.41) is 1.45. The highest BCUT2D eigenvalue weighted by Gasteiger charge is 2.39. The third kappa shape index (κ3) is 3.19. The molecule has 1 fully saturated rings. The van der Waals surface area contributed by atoms with Crippen molar-refractivity contribution < 1.29 is 13.2 Å². The first-order chi connectivity index (χ1) is 10.3. The highest BCUT2D eigenvalue weighted by Crippen LogP contribution is 2.32. The van der Waals surface area contributed by atoms with Gasteiger partial charge in [0.15, 0.2) is 5.13 Å². The van der Waals surface area contributed by atoms with Crippen LogP contribution in [-0.4, -0.2) is 31.1 Å². The van der Waals surface area contributed by atoms with Crippen LogP contribution >= 0.6 is 37.9 Å². The van der Waals surface area contributed by atoms with Gasteiger partial charge >= 0.3 is 0 Å². The number of carbonyl (C=O) groups excluding carboxylic acids is 1. The van der Waals surface area contributed by atoms with E-state index >= 15 is 0 Å². The van der Waals surface area contributed by atoms with Crippen molar-refractivity contribution in [3.05, 3.63) is 34.1 Å². The summed E-state index contributed by atoms with van der Waals surface area (Å²) in [4.78, 5) is 17.8. The first-order valence-corrected chi connectivity index (χ1v) is 10.3. The molecule has 1 aliphatic rings. The van der Waals surface area contributed by atoms with E-state index in [1.165, 1.54) is 16.2 Å². The second-order valence-electron chi connectivity index (χ2n) is 4.83. The lowest BCUT2D eigenvalue weighted by molar-refractivity contribution is -0.117. The Morgan fingerprint density at radius 3 is 2.82 bits per heavy atom. The van der Waals surface area contributed by atoms with Gasteiger partial charge in [-0.1, -0.05) is 28.1 Å². The molecule has 0 saturated carbocycles. The van der Waals surface area contributed by atoms with E-state index in [1.54, 1.807) is 0 Å². The topological polar surface area (TPSA) is 67.3 Å². The maximum absolute atomic E-state index is 12.0. The number of rotatable bonds is 3. The Morgan fingerprint density at radius 2 is 2.18 bits per heavy atom. The molecule has 1 atom stereocenters. The fourth-order valence-corrected chi connectivity index (χ4v) is 4.50. The molecule has 0 bridgehead atoms. The second kappa shape index (κ2) is 5.92. The van der Waals surface area contributed by atoms with Crippen molar-refractivity contribution in [1.29, 1.82) is 0 Å². The minimum absolute atomic E-state index is 0.0517. The maximum atomic E-state index is 12.0. The molecule has 3 rings (SSSR count). The number of carbonyl (C=O) groups is 1. The fourth-order valence-electron chi connectivity index (χ4n) is 2.22. The number of halogens is 2. The summed E-state index contributed by atoms with van der Waals surface area (Å²) < 4.78 is 23.7. The van der Waals surface area contributed by atoms with Crippen LogP contribution in [-0.2, 0) is 13.8 Å². The lowest BCUT2D eigenvalue weighted by Crippen LogP contribution is -2.26. The van der Waals surface area contributed by atoms with Gasteiger partial charge in [-0.3, -0.25) is 9.69 Å². The van der Waals surface area contributed by atoms with E-state index in [4.69, 9.17) is 10.7 Å². The van der Waals surface area contributed by atoms with E-state index in [0.29, 0.717) is 5.13 Å². The Morgan fingerprint density at radius 1 is 1.41 bits per heavy atom. The average molecular weight is 422 g/mol. The quantitative estimate of drug-likeness (QED) is 0.714. The van der Waals surface area contributed by atoms with Gasteiger partial charge in [-0.05, 0) is 12.1 Å². The van der Waals surface area contributed by atoms with Crippen molar-refractivity contribution in [3.63, 3.8) is 0 Å². The van der Waals surface area contributed by atoms with Gasteiger partial charge in [-0.25, -0.2) is 13.4 Å². The molecular formula is C13H10BrClN2O3S2. The molecule has 2 aromatic rings. The van der Waals surface area contributed by atoms with E-state index in [9.17, 15) is 13.2 Å². The van der Waals surface area contributed by atoms with Gasteiger partial charge < -0.3 is 0 Å². The summed E-state index contributed by atoms with van der Waals surface area (Å²) in [6, 6.07) is 7.66. The van der Waals surface area contributed by atoms with E-state index in [-0.39, 0.29) is 18.9 Å². The van der Waals surface area contributed by atoms with Crippen LogP contribution in [0, 0.1) is 0 Å². The second-order valence-corrected chi connectivity index (χ2v) is 9.49. The standard InChI is InChI=1S/C13H10BrClN2O3S2/c14-9-3-1-2-8(4-9)11-7-21-13(16-11)17-6-10(5-12(17)18)22(15,19)20/h1-4,7,10H,5-6H2. The summed E-state index contributed by atoms with van der Waals surface area (Å²) in [5.74, 6) is -0.274. The van der Waals surface area contributed by atoms with Gasteiger partial charge in [-0.2, -0.15) is 0 Å². The van der Waals surface area contributed by atoms with Gasteiger partial charge in [0.2, 0.25) is 15.0 Å². The van der Waals surface area contributed by atoms with Crippen molar-refractivity contribution in [2.75, 3.05) is 11.4 Å². The Bertz CT molecular complexity index is 837. The summed E-state index contributed by atoms with van der Waals surface area (Å²) in [6.07, 6.45) is -0.0996. The monoisotopic (exact) mass is 420 g/mol. The molecule has 0 spiro atoms. The lowest BCUT2D eigenvalue weighted by atomic mass is 10.2. The molecule has 9 heteroatoms. The number of nitrogens with zero attached hydrogens (tertiary/aromatic N) is 2. The first kappa shape index (κ1) is 15.9. The summed E-state index contributed by atoms with van der Waals surface area (Å²) >= 11 is 4.71. The zero-order valence-electron chi connectivity index (χ0n) is 11.1. The van der Waals surface area contributed by atoms with Crippen molar-refractivity contribution in [3.8, 4) is 11.3 Å². The average Bonchev–Trinajstić information content (AvgIpc) is 3.04. The SMILES string of the molecule is O=C1CC(S(=O)(=O)Cl)CN1c1nc(-c2cccc(Br)c2)cs1. The van der Waals surface area contributed by atoms with Crippen molar-refractivity contribution in [2.45, 2.75) is 11.7 Å². The normalized spacial score (nSPS) is 18.9. The summed E-state index contributed by atoms with van der Waals surface area (Å²) in [5.41, 5.74) is 1.66. The van der Waals surface area contributed by atoms with Gasteiger partial charge in [0.05, 0.1) is 5.69 Å². The summed E-state index contributed by atoms with van der Waals surface area (Å²) in [6.45, 7) is 0.0517. The predicted molar refractivity (Wildman–Crippen MR) is 90.8 cm³/mol. The molecule has 2 heterocycles. The number of aromatic nitrogens is 1. The number of anilines is 1. The Hall–Kier alpha value is -0.960. The zero-order chi connectivity index (χ0) is 15.9. The number of thiazole rings is 1. The van der Waals surface area contributed by atoms with Crippen molar-refractivity contribution >= 4 is 58.0 Å². The van der Waals surface area contributed by atoms with Crippen LogP contribution in [0.1, 0.15) is 6.42 Å². The molecule has 1 aliphatic heterocycles. The Kier molecular flexibility index (Phi) is 4.28. The molecule has 1 unspecified atom stereocenters. The molecule has 1 amide bonds. The maximum Gasteiger partial charge on any atom is 0.237 e. The van der Waals surface area contributed by atoms with E-state index in [2.05, 4.69) is 20.9 Å². The zero-order valence-corrected chi connectivity index (χ0v) is 15.0. The molecule has 116 valence electrons. The first-order valence-electron chi connectivity index (χ1n) is 6.30. The number of amides is 1. The third-order valence-corrected chi connectivity index (χ3v) is 6.56.